The summed E-state index contributed by atoms with van der Waals surface area (Å²) in [5.74, 6) is -0.934. The molecule has 0 aliphatic carbocycles. The van der Waals surface area contributed by atoms with Crippen LogP contribution in [0.3, 0.4) is 0 Å². The molecule has 3 nitrogen and oxygen atoms in total. The Bertz CT molecular complexity index is 336. The summed E-state index contributed by atoms with van der Waals surface area (Å²) in [6.07, 6.45) is 0.559. The number of hydrogen-bond acceptors (Lipinski definition) is 2. The zero-order valence-corrected chi connectivity index (χ0v) is 7.99. The first-order valence-electron chi connectivity index (χ1n) is 4.25. The van der Waals surface area contributed by atoms with E-state index in [-0.39, 0.29) is 5.56 Å². The highest BCUT2D eigenvalue weighted by molar-refractivity contribution is 6.32. The van der Waals surface area contributed by atoms with Crippen LogP contribution >= 0.6 is 0 Å². The molecule has 4 heteroatoms. The standard InChI is InChI=1S/C10H11BO3/c1-14-5-4-7-6-8(11)2-3-9(7)10(12)13/h2-3,6H,4-5H2,1H3,(H,12,13). The summed E-state index contributed by atoms with van der Waals surface area (Å²) in [7, 11) is 7.14. The highest BCUT2D eigenvalue weighted by Gasteiger charge is 2.08. The van der Waals surface area contributed by atoms with E-state index < -0.39 is 5.97 Å². The van der Waals surface area contributed by atoms with Gasteiger partial charge >= 0.3 is 5.97 Å². The minimum Gasteiger partial charge on any atom is -0.478 e. The van der Waals surface area contributed by atoms with Gasteiger partial charge in [0.2, 0.25) is 0 Å². The van der Waals surface area contributed by atoms with E-state index in [0.717, 1.165) is 0 Å². The summed E-state index contributed by atoms with van der Waals surface area (Å²) >= 11 is 0. The number of methoxy groups -OCH3 is 1. The maximum absolute atomic E-state index is 10.8. The maximum atomic E-state index is 10.8. The van der Waals surface area contributed by atoms with Crippen molar-refractivity contribution in [1.82, 2.24) is 0 Å². The number of carbonyl (C=O) groups is 1. The van der Waals surface area contributed by atoms with Crippen LogP contribution in [0.15, 0.2) is 18.2 Å². The van der Waals surface area contributed by atoms with Crippen molar-refractivity contribution < 1.29 is 14.6 Å². The van der Waals surface area contributed by atoms with Crippen molar-refractivity contribution >= 4 is 19.3 Å². The molecule has 0 atom stereocenters. The predicted octanol–water partition coefficient (Wildman–Crippen LogP) is 0.367. The molecule has 0 aliphatic rings. The van der Waals surface area contributed by atoms with E-state index in [1.807, 2.05) is 0 Å². The Hall–Kier alpha value is -1.29. The topological polar surface area (TPSA) is 46.5 Å². The van der Waals surface area contributed by atoms with Crippen molar-refractivity contribution in [1.29, 1.82) is 0 Å². The molecule has 72 valence electrons. The molecule has 0 aromatic heterocycles. The van der Waals surface area contributed by atoms with Crippen LogP contribution in [0.5, 0.6) is 0 Å². The normalized spacial score (nSPS) is 10.1. The molecular formula is C10H11BO3. The van der Waals surface area contributed by atoms with Crippen LogP contribution in [-0.2, 0) is 11.2 Å². The zero-order valence-electron chi connectivity index (χ0n) is 7.99. The summed E-state index contributed by atoms with van der Waals surface area (Å²) < 4.78 is 4.89. The van der Waals surface area contributed by atoms with Gasteiger partial charge in [-0.25, -0.2) is 4.79 Å². The summed E-state index contributed by atoms with van der Waals surface area (Å²) in [5.41, 5.74) is 1.57. The fourth-order valence-electron chi connectivity index (χ4n) is 1.24. The summed E-state index contributed by atoms with van der Waals surface area (Å²) in [6, 6.07) is 4.77. The van der Waals surface area contributed by atoms with Gasteiger partial charge in [0, 0.05) is 7.11 Å². The summed E-state index contributed by atoms with van der Waals surface area (Å²) in [4.78, 5) is 10.8. The molecule has 0 saturated carbocycles. The van der Waals surface area contributed by atoms with Crippen molar-refractivity contribution in [2.45, 2.75) is 6.42 Å². The van der Waals surface area contributed by atoms with Gasteiger partial charge in [-0.2, -0.15) is 0 Å². The van der Waals surface area contributed by atoms with Gasteiger partial charge in [0.25, 0.3) is 0 Å². The third-order valence-corrected chi connectivity index (χ3v) is 1.94. The Morgan fingerprint density at radius 3 is 2.86 bits per heavy atom. The third-order valence-electron chi connectivity index (χ3n) is 1.94. The maximum Gasteiger partial charge on any atom is 0.335 e. The molecule has 0 aliphatic heterocycles. The van der Waals surface area contributed by atoms with E-state index in [2.05, 4.69) is 0 Å². The molecule has 0 bridgehead atoms. The van der Waals surface area contributed by atoms with Crippen molar-refractivity contribution in [2.24, 2.45) is 0 Å². The number of benzene rings is 1. The monoisotopic (exact) mass is 190 g/mol. The van der Waals surface area contributed by atoms with Crippen molar-refractivity contribution in [2.75, 3.05) is 13.7 Å². The first-order valence-corrected chi connectivity index (χ1v) is 4.25. The van der Waals surface area contributed by atoms with Gasteiger partial charge in [-0.05, 0) is 18.1 Å². The lowest BCUT2D eigenvalue weighted by Gasteiger charge is -2.06. The lowest BCUT2D eigenvalue weighted by Crippen LogP contribution is -2.11. The molecule has 1 aromatic rings. The fourth-order valence-corrected chi connectivity index (χ4v) is 1.24. The smallest absolute Gasteiger partial charge is 0.335 e. The molecular weight excluding hydrogens is 179 g/mol. The highest BCUT2D eigenvalue weighted by atomic mass is 16.5. The number of rotatable bonds is 4. The molecule has 0 heterocycles. The second-order valence-electron chi connectivity index (χ2n) is 2.96. The summed E-state index contributed by atoms with van der Waals surface area (Å²) in [6.45, 7) is 0.490. The molecule has 1 rings (SSSR count). The molecule has 2 radical (unpaired) electrons. The number of aromatic carboxylic acids is 1. The minimum absolute atomic E-state index is 0.288. The number of ether oxygens (including phenoxy) is 1. The van der Waals surface area contributed by atoms with Crippen molar-refractivity contribution in [3.63, 3.8) is 0 Å². The SMILES string of the molecule is [B]c1ccc(C(=O)O)c(CCOC)c1. The molecule has 0 spiro atoms. The van der Waals surface area contributed by atoms with Crippen LogP contribution in [0.4, 0.5) is 0 Å². The van der Waals surface area contributed by atoms with E-state index in [0.29, 0.717) is 24.1 Å². The van der Waals surface area contributed by atoms with E-state index in [4.69, 9.17) is 17.7 Å². The molecule has 1 aromatic carbocycles. The van der Waals surface area contributed by atoms with E-state index >= 15 is 0 Å². The summed E-state index contributed by atoms with van der Waals surface area (Å²) in [5, 5.41) is 8.87. The largest absolute Gasteiger partial charge is 0.478 e. The van der Waals surface area contributed by atoms with Gasteiger partial charge in [-0.15, -0.1) is 0 Å². The predicted molar refractivity (Wildman–Crippen MR) is 54.4 cm³/mol. The van der Waals surface area contributed by atoms with Crippen LogP contribution in [0.25, 0.3) is 0 Å². The lowest BCUT2D eigenvalue weighted by molar-refractivity contribution is 0.0695. The third kappa shape index (κ3) is 2.60. The van der Waals surface area contributed by atoms with Crippen LogP contribution in [0.1, 0.15) is 15.9 Å². The quantitative estimate of drug-likeness (QED) is 0.697. The van der Waals surface area contributed by atoms with Gasteiger partial charge in [0.1, 0.15) is 7.85 Å². The first kappa shape index (κ1) is 10.8. The van der Waals surface area contributed by atoms with E-state index in [1.165, 1.54) is 6.07 Å². The number of carboxylic acid groups (broad SMARTS) is 1. The highest BCUT2D eigenvalue weighted by Crippen LogP contribution is 2.08. The van der Waals surface area contributed by atoms with E-state index in [1.54, 1.807) is 19.2 Å². The first-order chi connectivity index (χ1) is 6.65. The Labute approximate surface area is 84.1 Å². The molecule has 0 amide bonds. The van der Waals surface area contributed by atoms with Crippen molar-refractivity contribution in [3.8, 4) is 0 Å². The lowest BCUT2D eigenvalue weighted by atomic mass is 9.91. The molecule has 14 heavy (non-hydrogen) atoms. The van der Waals surface area contributed by atoms with Gasteiger partial charge in [0.05, 0.1) is 12.2 Å². The van der Waals surface area contributed by atoms with Gasteiger partial charge in [-0.3, -0.25) is 0 Å². The molecule has 1 N–H and O–H groups in total. The Kier molecular flexibility index (Phi) is 3.71. The fraction of sp³-hybridized carbons (Fsp3) is 0.300. The minimum atomic E-state index is -0.934. The van der Waals surface area contributed by atoms with Gasteiger partial charge in [-0.1, -0.05) is 17.6 Å². The van der Waals surface area contributed by atoms with Crippen LogP contribution in [-0.4, -0.2) is 32.6 Å². The number of carboxylic acids is 1. The van der Waals surface area contributed by atoms with Crippen LogP contribution in [0, 0.1) is 0 Å². The second kappa shape index (κ2) is 4.81. The Morgan fingerprint density at radius 2 is 2.29 bits per heavy atom. The number of hydrogen-bond donors (Lipinski definition) is 1. The van der Waals surface area contributed by atoms with Crippen LogP contribution < -0.4 is 5.46 Å². The Balaban J connectivity index is 2.97. The van der Waals surface area contributed by atoms with E-state index in [9.17, 15) is 4.79 Å². The molecule has 0 unspecified atom stereocenters. The van der Waals surface area contributed by atoms with Gasteiger partial charge < -0.3 is 9.84 Å². The zero-order chi connectivity index (χ0) is 10.6. The average molecular weight is 190 g/mol. The average Bonchev–Trinajstić information content (AvgIpc) is 2.14. The van der Waals surface area contributed by atoms with Crippen molar-refractivity contribution in [3.05, 3.63) is 29.3 Å². The van der Waals surface area contributed by atoms with Crippen LogP contribution in [0.2, 0.25) is 0 Å². The molecule has 0 fully saturated rings. The second-order valence-corrected chi connectivity index (χ2v) is 2.96. The Morgan fingerprint density at radius 1 is 1.57 bits per heavy atom. The van der Waals surface area contributed by atoms with Gasteiger partial charge in [0.15, 0.2) is 0 Å². The molecule has 0 saturated heterocycles.